The zero-order valence-corrected chi connectivity index (χ0v) is 9.82. The summed E-state index contributed by atoms with van der Waals surface area (Å²) >= 11 is 0. The molecule has 1 aliphatic heterocycles. The fourth-order valence-electron chi connectivity index (χ4n) is 2.40. The second-order valence-electron chi connectivity index (χ2n) is 4.90. The highest BCUT2D eigenvalue weighted by molar-refractivity contribution is 5.07. The van der Waals surface area contributed by atoms with Crippen molar-refractivity contribution >= 4 is 0 Å². The molecule has 16 heavy (non-hydrogen) atoms. The second kappa shape index (κ2) is 4.93. The molecule has 2 N–H and O–H groups in total. The van der Waals surface area contributed by atoms with Gasteiger partial charge < -0.3 is 10.4 Å². The van der Waals surface area contributed by atoms with Gasteiger partial charge in [-0.3, -0.25) is 4.98 Å². The van der Waals surface area contributed by atoms with E-state index in [1.807, 2.05) is 25.1 Å². The Kier molecular flexibility index (Phi) is 3.56. The van der Waals surface area contributed by atoms with Crippen LogP contribution in [-0.4, -0.2) is 28.8 Å². The van der Waals surface area contributed by atoms with E-state index < -0.39 is 5.60 Å². The molecule has 1 aromatic heterocycles. The molecule has 0 aromatic carbocycles. The molecule has 0 bridgehead atoms. The first-order valence-corrected chi connectivity index (χ1v) is 6.01. The van der Waals surface area contributed by atoms with Crippen molar-refractivity contribution in [3.05, 3.63) is 30.1 Å². The van der Waals surface area contributed by atoms with Gasteiger partial charge in [-0.25, -0.2) is 0 Å². The third-order valence-corrected chi connectivity index (χ3v) is 3.44. The van der Waals surface area contributed by atoms with E-state index in [1.165, 1.54) is 0 Å². The molecule has 3 heteroatoms. The average Bonchev–Trinajstić information content (AvgIpc) is 2.31. The summed E-state index contributed by atoms with van der Waals surface area (Å²) in [7, 11) is 0. The minimum absolute atomic E-state index is 0.336. The van der Waals surface area contributed by atoms with Crippen molar-refractivity contribution < 1.29 is 5.11 Å². The minimum Gasteiger partial charge on any atom is -0.389 e. The summed E-state index contributed by atoms with van der Waals surface area (Å²) in [5.41, 5.74) is 0.319. The SMILES string of the molecule is CC(O)(Cc1ccccn1)C1CCCNC1. The van der Waals surface area contributed by atoms with Crippen LogP contribution in [0, 0.1) is 5.92 Å². The monoisotopic (exact) mass is 220 g/mol. The molecule has 1 aromatic rings. The highest BCUT2D eigenvalue weighted by Gasteiger charge is 2.33. The van der Waals surface area contributed by atoms with Gasteiger partial charge in [-0.15, -0.1) is 0 Å². The molecule has 2 rings (SSSR count). The number of rotatable bonds is 3. The van der Waals surface area contributed by atoms with Crippen LogP contribution >= 0.6 is 0 Å². The molecular weight excluding hydrogens is 200 g/mol. The fraction of sp³-hybridized carbons (Fsp3) is 0.615. The summed E-state index contributed by atoms with van der Waals surface area (Å²) in [6.45, 7) is 3.93. The summed E-state index contributed by atoms with van der Waals surface area (Å²) in [4.78, 5) is 4.28. The van der Waals surface area contributed by atoms with E-state index in [9.17, 15) is 5.11 Å². The van der Waals surface area contributed by atoms with E-state index in [4.69, 9.17) is 0 Å². The first-order valence-electron chi connectivity index (χ1n) is 6.01. The summed E-state index contributed by atoms with van der Waals surface area (Å²) in [5, 5.41) is 13.9. The molecule has 0 radical (unpaired) electrons. The van der Waals surface area contributed by atoms with Gasteiger partial charge in [-0.05, 0) is 38.4 Å². The second-order valence-corrected chi connectivity index (χ2v) is 4.90. The van der Waals surface area contributed by atoms with Gasteiger partial charge in [0, 0.05) is 30.8 Å². The first kappa shape index (κ1) is 11.6. The average molecular weight is 220 g/mol. The van der Waals surface area contributed by atoms with Crippen molar-refractivity contribution in [3.63, 3.8) is 0 Å². The summed E-state index contributed by atoms with van der Waals surface area (Å²) in [6, 6.07) is 5.85. The van der Waals surface area contributed by atoms with Crippen LogP contribution < -0.4 is 5.32 Å². The number of nitrogens with zero attached hydrogens (tertiary/aromatic N) is 1. The molecule has 88 valence electrons. The van der Waals surface area contributed by atoms with Crippen LogP contribution in [0.3, 0.4) is 0 Å². The van der Waals surface area contributed by atoms with Crippen LogP contribution in [0.1, 0.15) is 25.5 Å². The first-order chi connectivity index (χ1) is 7.68. The quantitative estimate of drug-likeness (QED) is 0.809. The number of nitrogens with one attached hydrogen (secondary N) is 1. The maximum absolute atomic E-state index is 10.5. The molecule has 1 saturated heterocycles. The number of piperidine rings is 1. The van der Waals surface area contributed by atoms with Crippen LogP contribution in [0.25, 0.3) is 0 Å². The van der Waals surface area contributed by atoms with Gasteiger partial charge in [-0.2, -0.15) is 0 Å². The molecule has 0 aliphatic carbocycles. The highest BCUT2D eigenvalue weighted by Crippen LogP contribution is 2.26. The van der Waals surface area contributed by atoms with Gasteiger partial charge in [0.25, 0.3) is 0 Å². The van der Waals surface area contributed by atoms with Crippen molar-refractivity contribution in [1.82, 2.24) is 10.3 Å². The van der Waals surface area contributed by atoms with Gasteiger partial charge in [0.05, 0.1) is 5.60 Å². The topological polar surface area (TPSA) is 45.2 Å². The van der Waals surface area contributed by atoms with Crippen LogP contribution in [0.5, 0.6) is 0 Å². The van der Waals surface area contributed by atoms with Gasteiger partial charge in [0.15, 0.2) is 0 Å². The maximum Gasteiger partial charge on any atom is 0.0715 e. The van der Waals surface area contributed by atoms with E-state index in [0.717, 1.165) is 31.6 Å². The van der Waals surface area contributed by atoms with Crippen molar-refractivity contribution in [1.29, 1.82) is 0 Å². The molecule has 2 heterocycles. The van der Waals surface area contributed by atoms with Gasteiger partial charge >= 0.3 is 0 Å². The number of aliphatic hydroxyl groups is 1. The molecule has 1 fully saturated rings. The molecular formula is C13H20N2O. The van der Waals surface area contributed by atoms with Crippen molar-refractivity contribution in [2.75, 3.05) is 13.1 Å². The number of hydrogen-bond acceptors (Lipinski definition) is 3. The lowest BCUT2D eigenvalue weighted by Gasteiger charge is -2.35. The molecule has 3 nitrogen and oxygen atoms in total. The third-order valence-electron chi connectivity index (χ3n) is 3.44. The summed E-state index contributed by atoms with van der Waals surface area (Å²) in [6.07, 6.45) is 4.68. The zero-order valence-electron chi connectivity index (χ0n) is 9.82. The van der Waals surface area contributed by atoms with Crippen LogP contribution in [0.15, 0.2) is 24.4 Å². The number of hydrogen-bond donors (Lipinski definition) is 2. The van der Waals surface area contributed by atoms with E-state index >= 15 is 0 Å². The normalized spacial score (nSPS) is 25.0. The predicted molar refractivity (Wildman–Crippen MR) is 64.2 cm³/mol. The molecule has 2 unspecified atom stereocenters. The molecule has 0 spiro atoms. The fourth-order valence-corrected chi connectivity index (χ4v) is 2.40. The summed E-state index contributed by atoms with van der Waals surface area (Å²) in [5.74, 6) is 0.336. The molecule has 2 atom stereocenters. The van der Waals surface area contributed by atoms with Crippen LogP contribution in [0.2, 0.25) is 0 Å². The predicted octanol–water partition coefficient (Wildman–Crippen LogP) is 1.37. The Morgan fingerprint density at radius 1 is 1.56 bits per heavy atom. The zero-order chi connectivity index (χ0) is 11.4. The van der Waals surface area contributed by atoms with E-state index in [2.05, 4.69) is 10.3 Å². The minimum atomic E-state index is -0.651. The maximum atomic E-state index is 10.5. The van der Waals surface area contributed by atoms with Crippen LogP contribution in [-0.2, 0) is 6.42 Å². The lowest BCUT2D eigenvalue weighted by Crippen LogP contribution is -2.45. The van der Waals surface area contributed by atoms with Gasteiger partial charge in [0.1, 0.15) is 0 Å². The third kappa shape index (κ3) is 2.80. The van der Waals surface area contributed by atoms with Gasteiger partial charge in [-0.1, -0.05) is 6.07 Å². The van der Waals surface area contributed by atoms with E-state index in [0.29, 0.717) is 12.3 Å². The molecule has 0 saturated carbocycles. The van der Waals surface area contributed by atoms with Crippen molar-refractivity contribution in [2.24, 2.45) is 5.92 Å². The number of aromatic nitrogens is 1. The Hall–Kier alpha value is -0.930. The van der Waals surface area contributed by atoms with Crippen LogP contribution in [0.4, 0.5) is 0 Å². The van der Waals surface area contributed by atoms with Crippen molar-refractivity contribution in [3.8, 4) is 0 Å². The van der Waals surface area contributed by atoms with E-state index in [1.54, 1.807) is 6.20 Å². The Morgan fingerprint density at radius 3 is 3.06 bits per heavy atom. The van der Waals surface area contributed by atoms with Gasteiger partial charge in [0.2, 0.25) is 0 Å². The molecule has 1 aliphatic rings. The molecule has 0 amide bonds. The summed E-state index contributed by atoms with van der Waals surface area (Å²) < 4.78 is 0. The number of pyridine rings is 1. The smallest absolute Gasteiger partial charge is 0.0715 e. The standard InChI is InChI=1S/C13H20N2O/c1-13(16,11-5-4-7-14-10-11)9-12-6-2-3-8-15-12/h2-3,6,8,11,14,16H,4-5,7,9-10H2,1H3. The Morgan fingerprint density at radius 2 is 2.44 bits per heavy atom. The lowest BCUT2D eigenvalue weighted by molar-refractivity contribution is -0.0109. The Bertz CT molecular complexity index is 318. The Labute approximate surface area is 96.9 Å². The van der Waals surface area contributed by atoms with Crippen molar-refractivity contribution in [2.45, 2.75) is 31.8 Å². The van der Waals surface area contributed by atoms with E-state index in [-0.39, 0.29) is 0 Å². The lowest BCUT2D eigenvalue weighted by atomic mass is 9.80. The highest BCUT2D eigenvalue weighted by atomic mass is 16.3. The Balaban J connectivity index is 2.01. The largest absolute Gasteiger partial charge is 0.389 e.